The second kappa shape index (κ2) is 6.58. The van der Waals surface area contributed by atoms with Crippen LogP contribution in [0.2, 0.25) is 0 Å². The van der Waals surface area contributed by atoms with Crippen LogP contribution in [0, 0.1) is 23.3 Å². The lowest BCUT2D eigenvalue weighted by Gasteiger charge is -2.13. The minimum Gasteiger partial charge on any atom is -0.487 e. The molecule has 0 fully saturated rings. The third-order valence-electron chi connectivity index (χ3n) is 2.42. The van der Waals surface area contributed by atoms with E-state index >= 15 is 0 Å². The summed E-state index contributed by atoms with van der Waals surface area (Å²) in [7, 11) is 0. The molecule has 102 valence electrons. The van der Waals surface area contributed by atoms with Crippen molar-refractivity contribution in [2.45, 2.75) is 26.3 Å². The van der Waals surface area contributed by atoms with Crippen LogP contribution in [0.1, 0.15) is 20.3 Å². The van der Waals surface area contributed by atoms with Crippen molar-refractivity contribution in [3.05, 3.63) is 29.3 Å². The van der Waals surface area contributed by atoms with Gasteiger partial charge in [-0.1, -0.05) is 6.92 Å². The maximum Gasteiger partial charge on any atom is 0.203 e. The van der Waals surface area contributed by atoms with Crippen molar-refractivity contribution in [3.63, 3.8) is 0 Å². The highest BCUT2D eigenvalue weighted by molar-refractivity contribution is 5.28. The second-order valence-electron chi connectivity index (χ2n) is 3.89. The molecule has 0 radical (unpaired) electrons. The number of ether oxygens (including phenoxy) is 1. The van der Waals surface area contributed by atoms with E-state index in [0.29, 0.717) is 6.42 Å². The van der Waals surface area contributed by atoms with Crippen LogP contribution in [0.25, 0.3) is 0 Å². The summed E-state index contributed by atoms with van der Waals surface area (Å²) in [5.41, 5.74) is 0. The number of halogens is 4. The van der Waals surface area contributed by atoms with E-state index in [1.165, 1.54) is 0 Å². The Morgan fingerprint density at radius 3 is 2.22 bits per heavy atom. The normalized spacial score (nSPS) is 12.6. The molecular weight excluding hydrogens is 250 g/mol. The fraction of sp³-hybridized carbons (Fsp3) is 0.500. The van der Waals surface area contributed by atoms with Gasteiger partial charge in [-0.15, -0.1) is 0 Å². The van der Waals surface area contributed by atoms with Crippen molar-refractivity contribution in [1.29, 1.82) is 0 Å². The first-order chi connectivity index (χ1) is 8.47. The van der Waals surface area contributed by atoms with Gasteiger partial charge in [0.25, 0.3) is 0 Å². The quantitative estimate of drug-likeness (QED) is 0.630. The summed E-state index contributed by atoms with van der Waals surface area (Å²) in [5, 5.41) is 3.07. The van der Waals surface area contributed by atoms with Crippen molar-refractivity contribution in [1.82, 2.24) is 5.32 Å². The average molecular weight is 265 g/mol. The highest BCUT2D eigenvalue weighted by Gasteiger charge is 2.20. The van der Waals surface area contributed by atoms with E-state index in [1.807, 2.05) is 13.8 Å². The molecule has 0 aliphatic heterocycles. The molecule has 1 N–H and O–H groups in total. The monoisotopic (exact) mass is 265 g/mol. The molecule has 0 amide bonds. The molecule has 0 saturated carbocycles. The lowest BCUT2D eigenvalue weighted by molar-refractivity contribution is 0.255. The number of rotatable bonds is 6. The van der Waals surface area contributed by atoms with Gasteiger partial charge >= 0.3 is 0 Å². The van der Waals surface area contributed by atoms with E-state index in [0.717, 1.165) is 6.54 Å². The smallest absolute Gasteiger partial charge is 0.203 e. The molecule has 18 heavy (non-hydrogen) atoms. The zero-order valence-electron chi connectivity index (χ0n) is 10.2. The predicted molar refractivity (Wildman–Crippen MR) is 59.5 cm³/mol. The Morgan fingerprint density at radius 1 is 1.17 bits per heavy atom. The van der Waals surface area contributed by atoms with Gasteiger partial charge in [0, 0.05) is 12.1 Å². The van der Waals surface area contributed by atoms with Gasteiger partial charge in [-0.3, -0.25) is 0 Å². The van der Waals surface area contributed by atoms with Crippen LogP contribution in [0.3, 0.4) is 0 Å². The maximum absolute atomic E-state index is 13.2. The average Bonchev–Trinajstić information content (AvgIpc) is 2.31. The zero-order chi connectivity index (χ0) is 13.7. The number of hydrogen-bond acceptors (Lipinski definition) is 2. The van der Waals surface area contributed by atoms with Gasteiger partial charge in [-0.05, 0) is 19.9 Å². The largest absolute Gasteiger partial charge is 0.487 e. The number of benzene rings is 1. The molecule has 1 aromatic carbocycles. The van der Waals surface area contributed by atoms with Gasteiger partial charge in [-0.2, -0.15) is 8.78 Å². The third-order valence-corrected chi connectivity index (χ3v) is 2.42. The van der Waals surface area contributed by atoms with Gasteiger partial charge in [0.1, 0.15) is 0 Å². The van der Waals surface area contributed by atoms with Crippen molar-refractivity contribution in [3.8, 4) is 5.75 Å². The first-order valence-corrected chi connectivity index (χ1v) is 5.66. The first kappa shape index (κ1) is 14.8. The van der Waals surface area contributed by atoms with E-state index in [9.17, 15) is 17.6 Å². The Bertz CT molecular complexity index is 385. The van der Waals surface area contributed by atoms with Crippen LogP contribution in [0.5, 0.6) is 5.75 Å². The molecule has 1 atom stereocenters. The molecule has 1 unspecified atom stereocenters. The molecular formula is C12H15F4NO. The summed E-state index contributed by atoms with van der Waals surface area (Å²) in [6.45, 7) is 4.49. The van der Waals surface area contributed by atoms with Crippen LogP contribution in [0.15, 0.2) is 6.07 Å². The van der Waals surface area contributed by atoms with E-state index in [4.69, 9.17) is 4.74 Å². The molecule has 0 heterocycles. The third kappa shape index (κ3) is 3.60. The molecule has 0 aliphatic carbocycles. The Labute approximate surface area is 103 Å². The maximum atomic E-state index is 13.2. The Kier molecular flexibility index (Phi) is 5.40. The summed E-state index contributed by atoms with van der Waals surface area (Å²) in [6, 6.07) is 0.234. The zero-order valence-corrected chi connectivity index (χ0v) is 10.2. The van der Waals surface area contributed by atoms with Crippen LogP contribution in [-0.4, -0.2) is 19.2 Å². The summed E-state index contributed by atoms with van der Waals surface area (Å²) >= 11 is 0. The lowest BCUT2D eigenvalue weighted by Crippen LogP contribution is -2.27. The fourth-order valence-electron chi connectivity index (χ4n) is 1.47. The topological polar surface area (TPSA) is 21.3 Å². The van der Waals surface area contributed by atoms with Crippen LogP contribution < -0.4 is 10.1 Å². The van der Waals surface area contributed by atoms with Crippen molar-refractivity contribution >= 4 is 0 Å². The van der Waals surface area contributed by atoms with Crippen LogP contribution >= 0.6 is 0 Å². The summed E-state index contributed by atoms with van der Waals surface area (Å²) < 4.78 is 56.9. The van der Waals surface area contributed by atoms with Crippen molar-refractivity contribution in [2.24, 2.45) is 0 Å². The minimum absolute atomic E-state index is 0.0368. The molecule has 0 bridgehead atoms. The highest BCUT2D eigenvalue weighted by atomic mass is 19.2. The molecule has 1 aromatic rings. The minimum atomic E-state index is -1.51. The van der Waals surface area contributed by atoms with Gasteiger partial charge in [-0.25, -0.2) is 8.78 Å². The van der Waals surface area contributed by atoms with Gasteiger partial charge in [0.05, 0.1) is 6.61 Å². The summed E-state index contributed by atoms with van der Waals surface area (Å²) in [4.78, 5) is 0. The van der Waals surface area contributed by atoms with Gasteiger partial charge < -0.3 is 10.1 Å². The Hall–Kier alpha value is -1.30. The summed E-state index contributed by atoms with van der Waals surface area (Å²) in [6.07, 6.45) is 0.463. The van der Waals surface area contributed by atoms with Gasteiger partial charge in [0.15, 0.2) is 17.4 Å². The van der Waals surface area contributed by atoms with E-state index in [2.05, 4.69) is 5.32 Å². The first-order valence-electron chi connectivity index (χ1n) is 5.66. The Morgan fingerprint density at radius 2 is 1.72 bits per heavy atom. The van der Waals surface area contributed by atoms with E-state index in [1.54, 1.807) is 0 Å². The lowest BCUT2D eigenvalue weighted by atomic mass is 10.2. The predicted octanol–water partition coefficient (Wildman–Crippen LogP) is 3.01. The number of nitrogens with one attached hydrogen (secondary N) is 1. The Balaban J connectivity index is 2.67. The fourth-order valence-corrected chi connectivity index (χ4v) is 1.47. The SMILES string of the molecule is CCNC(C)CCOc1c(F)c(F)cc(F)c1F. The summed E-state index contributed by atoms with van der Waals surface area (Å²) in [5.74, 6) is -6.96. The molecule has 1 rings (SSSR count). The standard InChI is InChI=1S/C12H15F4NO/c1-3-17-7(2)4-5-18-12-10(15)8(13)6-9(14)11(12)16/h6-7,17H,3-5H2,1-2H3. The molecule has 0 aromatic heterocycles. The molecule has 0 saturated heterocycles. The molecule has 0 spiro atoms. The van der Waals surface area contributed by atoms with E-state index in [-0.39, 0.29) is 18.7 Å². The van der Waals surface area contributed by atoms with E-state index < -0.39 is 29.0 Å². The molecule has 2 nitrogen and oxygen atoms in total. The highest BCUT2D eigenvalue weighted by Crippen LogP contribution is 2.26. The van der Waals surface area contributed by atoms with Gasteiger partial charge in [0.2, 0.25) is 11.6 Å². The molecule has 0 aliphatic rings. The number of hydrogen-bond donors (Lipinski definition) is 1. The van der Waals surface area contributed by atoms with Crippen LogP contribution in [-0.2, 0) is 0 Å². The van der Waals surface area contributed by atoms with Crippen molar-refractivity contribution in [2.75, 3.05) is 13.2 Å². The second-order valence-corrected chi connectivity index (χ2v) is 3.89. The molecule has 6 heteroatoms. The van der Waals surface area contributed by atoms with Crippen LogP contribution in [0.4, 0.5) is 17.6 Å². The van der Waals surface area contributed by atoms with Crippen molar-refractivity contribution < 1.29 is 22.3 Å².